The molecule has 3 rings (SSSR count). The molecule has 2 amide bonds. The van der Waals surface area contributed by atoms with Gasteiger partial charge >= 0.3 is 0 Å². The number of aromatic nitrogens is 2. The molecule has 1 heterocycles. The Morgan fingerprint density at radius 1 is 1.00 bits per heavy atom. The lowest BCUT2D eigenvalue weighted by Crippen LogP contribution is -2.11. The lowest BCUT2D eigenvalue weighted by molar-refractivity contribution is 0.0997. The first kappa shape index (κ1) is 14.9. The molecular weight excluding hydrogens is 312 g/mol. The van der Waals surface area contributed by atoms with Gasteiger partial charge in [0, 0.05) is 11.1 Å². The van der Waals surface area contributed by atoms with Crippen LogP contribution in [0.15, 0.2) is 54.0 Å². The van der Waals surface area contributed by atoms with Crippen LogP contribution in [0.1, 0.15) is 20.7 Å². The van der Waals surface area contributed by atoms with Gasteiger partial charge in [-0.1, -0.05) is 35.6 Å². The van der Waals surface area contributed by atoms with Gasteiger partial charge in [-0.25, -0.2) is 0 Å². The molecule has 3 N–H and O–H groups in total. The quantitative estimate of drug-likeness (QED) is 0.770. The number of benzene rings is 2. The molecule has 6 nitrogen and oxygen atoms in total. The molecule has 0 aliphatic rings. The second kappa shape index (κ2) is 6.37. The summed E-state index contributed by atoms with van der Waals surface area (Å²) >= 11 is 1.25. The summed E-state index contributed by atoms with van der Waals surface area (Å²) in [5.41, 5.74) is 9.49. The summed E-state index contributed by atoms with van der Waals surface area (Å²) in [7, 11) is 0. The van der Waals surface area contributed by atoms with E-state index in [0.29, 0.717) is 16.3 Å². The second-order valence-corrected chi connectivity index (χ2v) is 5.55. The first-order valence-electron chi connectivity index (χ1n) is 6.71. The lowest BCUT2D eigenvalue weighted by atomic mass is 10.0. The van der Waals surface area contributed by atoms with Gasteiger partial charge in [0.2, 0.25) is 11.0 Å². The van der Waals surface area contributed by atoms with E-state index >= 15 is 0 Å². The van der Waals surface area contributed by atoms with E-state index in [1.165, 1.54) is 11.3 Å². The summed E-state index contributed by atoms with van der Waals surface area (Å²) < 4.78 is 0. The SMILES string of the molecule is NC(=O)c1ccc(-c2cccc(C(=O)Nc3nncs3)c2)cc1. The molecule has 114 valence electrons. The first-order chi connectivity index (χ1) is 11.1. The van der Waals surface area contributed by atoms with Gasteiger partial charge in [-0.3, -0.25) is 14.9 Å². The van der Waals surface area contributed by atoms with E-state index in [1.807, 2.05) is 6.07 Å². The Morgan fingerprint density at radius 3 is 2.43 bits per heavy atom. The van der Waals surface area contributed by atoms with Crippen molar-refractivity contribution in [3.8, 4) is 11.1 Å². The highest BCUT2D eigenvalue weighted by molar-refractivity contribution is 7.13. The molecule has 3 aromatic rings. The number of hydrogen-bond acceptors (Lipinski definition) is 5. The van der Waals surface area contributed by atoms with Gasteiger partial charge in [0.05, 0.1) is 0 Å². The van der Waals surface area contributed by atoms with Crippen LogP contribution < -0.4 is 11.1 Å². The molecule has 0 radical (unpaired) electrons. The van der Waals surface area contributed by atoms with Crippen molar-refractivity contribution in [1.29, 1.82) is 0 Å². The highest BCUT2D eigenvalue weighted by atomic mass is 32.1. The summed E-state index contributed by atoms with van der Waals surface area (Å²) in [4.78, 5) is 23.3. The Kier molecular flexibility index (Phi) is 4.11. The number of carbonyl (C=O) groups excluding carboxylic acids is 2. The van der Waals surface area contributed by atoms with E-state index in [2.05, 4.69) is 15.5 Å². The molecule has 0 atom stereocenters. The van der Waals surface area contributed by atoms with Crippen molar-refractivity contribution in [2.24, 2.45) is 5.73 Å². The van der Waals surface area contributed by atoms with Crippen LogP contribution in [0.2, 0.25) is 0 Å². The number of nitrogens with one attached hydrogen (secondary N) is 1. The summed E-state index contributed by atoms with van der Waals surface area (Å²) in [6.45, 7) is 0. The van der Waals surface area contributed by atoms with Gasteiger partial charge in [0.25, 0.3) is 5.91 Å². The molecule has 2 aromatic carbocycles. The maximum absolute atomic E-state index is 12.2. The van der Waals surface area contributed by atoms with Crippen LogP contribution in [0.5, 0.6) is 0 Å². The maximum atomic E-state index is 12.2. The number of amides is 2. The standard InChI is InChI=1S/C16H12N4O2S/c17-14(21)11-6-4-10(5-7-11)12-2-1-3-13(8-12)15(22)19-16-20-18-9-23-16/h1-9H,(H2,17,21)(H,19,20,22). The van der Waals surface area contributed by atoms with Crippen molar-refractivity contribution in [2.45, 2.75) is 0 Å². The third-order valence-electron chi connectivity index (χ3n) is 3.21. The normalized spacial score (nSPS) is 10.3. The van der Waals surface area contributed by atoms with Crippen LogP contribution in [-0.4, -0.2) is 22.0 Å². The average molecular weight is 324 g/mol. The number of carbonyl (C=O) groups is 2. The van der Waals surface area contributed by atoms with Crippen LogP contribution in [0, 0.1) is 0 Å². The number of nitrogens with two attached hydrogens (primary N) is 1. The van der Waals surface area contributed by atoms with E-state index in [1.54, 1.807) is 48.0 Å². The van der Waals surface area contributed by atoms with Gasteiger partial charge in [-0.05, 0) is 35.4 Å². The predicted molar refractivity (Wildman–Crippen MR) is 88.3 cm³/mol. The lowest BCUT2D eigenvalue weighted by Gasteiger charge is -2.06. The van der Waals surface area contributed by atoms with Crippen LogP contribution in [-0.2, 0) is 0 Å². The smallest absolute Gasteiger partial charge is 0.257 e. The molecule has 0 saturated carbocycles. The Morgan fingerprint density at radius 2 is 1.78 bits per heavy atom. The molecule has 0 unspecified atom stereocenters. The van der Waals surface area contributed by atoms with Crippen LogP contribution in [0.4, 0.5) is 5.13 Å². The van der Waals surface area contributed by atoms with Crippen LogP contribution >= 0.6 is 11.3 Å². The fourth-order valence-corrected chi connectivity index (χ4v) is 2.50. The Labute approximate surface area is 136 Å². The van der Waals surface area contributed by atoms with E-state index < -0.39 is 5.91 Å². The van der Waals surface area contributed by atoms with Gasteiger partial charge < -0.3 is 5.73 Å². The molecular formula is C16H12N4O2S. The zero-order chi connectivity index (χ0) is 16.2. The minimum absolute atomic E-state index is 0.252. The van der Waals surface area contributed by atoms with Gasteiger partial charge in [0.1, 0.15) is 5.51 Å². The third-order valence-corrected chi connectivity index (χ3v) is 3.81. The monoisotopic (exact) mass is 324 g/mol. The number of rotatable bonds is 4. The van der Waals surface area contributed by atoms with E-state index in [-0.39, 0.29) is 5.91 Å². The summed E-state index contributed by atoms with van der Waals surface area (Å²) in [5, 5.41) is 10.6. The minimum Gasteiger partial charge on any atom is -0.366 e. The zero-order valence-electron chi connectivity index (χ0n) is 11.9. The molecule has 7 heteroatoms. The number of hydrogen-bond donors (Lipinski definition) is 2. The molecule has 0 aliphatic heterocycles. The number of anilines is 1. The average Bonchev–Trinajstić information content (AvgIpc) is 3.08. The topological polar surface area (TPSA) is 98.0 Å². The van der Waals surface area contributed by atoms with E-state index in [4.69, 9.17) is 5.73 Å². The molecule has 0 saturated heterocycles. The highest BCUT2D eigenvalue weighted by Gasteiger charge is 2.09. The Bertz CT molecular complexity index is 845. The first-order valence-corrected chi connectivity index (χ1v) is 7.59. The van der Waals surface area contributed by atoms with Crippen molar-refractivity contribution in [3.63, 3.8) is 0 Å². The molecule has 0 aliphatic carbocycles. The fourth-order valence-electron chi connectivity index (χ4n) is 2.06. The van der Waals surface area contributed by atoms with Gasteiger partial charge in [-0.2, -0.15) is 0 Å². The second-order valence-electron chi connectivity index (χ2n) is 4.72. The molecule has 1 aromatic heterocycles. The van der Waals surface area contributed by atoms with Gasteiger partial charge in [0.15, 0.2) is 0 Å². The maximum Gasteiger partial charge on any atom is 0.257 e. The van der Waals surface area contributed by atoms with Crippen LogP contribution in [0.3, 0.4) is 0 Å². The predicted octanol–water partition coefficient (Wildman–Crippen LogP) is 2.56. The molecule has 23 heavy (non-hydrogen) atoms. The molecule has 0 spiro atoms. The van der Waals surface area contributed by atoms with Crippen molar-refractivity contribution < 1.29 is 9.59 Å². The van der Waals surface area contributed by atoms with Crippen molar-refractivity contribution in [2.75, 3.05) is 5.32 Å². The summed E-state index contributed by atoms with van der Waals surface area (Å²) in [6, 6.07) is 14.1. The third kappa shape index (κ3) is 3.41. The largest absolute Gasteiger partial charge is 0.366 e. The highest BCUT2D eigenvalue weighted by Crippen LogP contribution is 2.21. The minimum atomic E-state index is -0.471. The summed E-state index contributed by atoms with van der Waals surface area (Å²) in [5.74, 6) is -0.723. The van der Waals surface area contributed by atoms with Gasteiger partial charge in [-0.15, -0.1) is 10.2 Å². The fraction of sp³-hybridized carbons (Fsp3) is 0. The Hall–Kier alpha value is -3.06. The van der Waals surface area contributed by atoms with E-state index in [0.717, 1.165) is 11.1 Å². The molecule has 0 fully saturated rings. The van der Waals surface area contributed by atoms with Crippen molar-refractivity contribution >= 4 is 28.3 Å². The summed E-state index contributed by atoms with van der Waals surface area (Å²) in [6.07, 6.45) is 0. The zero-order valence-corrected chi connectivity index (χ0v) is 12.7. The number of primary amides is 1. The van der Waals surface area contributed by atoms with E-state index in [9.17, 15) is 9.59 Å². The van der Waals surface area contributed by atoms with Crippen LogP contribution in [0.25, 0.3) is 11.1 Å². The van der Waals surface area contributed by atoms with Crippen molar-refractivity contribution in [3.05, 3.63) is 65.2 Å². The van der Waals surface area contributed by atoms with Crippen molar-refractivity contribution in [1.82, 2.24) is 10.2 Å². The molecule has 0 bridgehead atoms. The number of nitrogens with zero attached hydrogens (tertiary/aromatic N) is 2. The Balaban J connectivity index is 1.84.